The lowest BCUT2D eigenvalue weighted by molar-refractivity contribution is -0.136. The van der Waals surface area contributed by atoms with Crippen molar-refractivity contribution in [2.75, 3.05) is 28.4 Å². The SMILES string of the molecule is CCCCC(Oc1cc(-c2cccc(-c3cc(OC)c(OC)c(OC)c3)n2)ccc1OC)C(=O)NO. The van der Waals surface area contributed by atoms with Gasteiger partial charge in [0, 0.05) is 11.1 Å². The molecule has 9 nitrogen and oxygen atoms in total. The van der Waals surface area contributed by atoms with Gasteiger partial charge in [-0.1, -0.05) is 19.4 Å². The molecule has 3 aromatic rings. The van der Waals surface area contributed by atoms with E-state index in [1.165, 1.54) is 7.11 Å². The van der Waals surface area contributed by atoms with Crippen LogP contribution in [0.25, 0.3) is 22.5 Å². The van der Waals surface area contributed by atoms with Crippen LogP contribution in [-0.2, 0) is 4.79 Å². The maximum absolute atomic E-state index is 12.2. The number of carbonyl (C=O) groups is 1. The van der Waals surface area contributed by atoms with Crippen LogP contribution in [0.15, 0.2) is 48.5 Å². The Morgan fingerprint density at radius 2 is 1.47 bits per heavy atom. The molecule has 2 aromatic carbocycles. The van der Waals surface area contributed by atoms with Crippen molar-refractivity contribution in [3.8, 4) is 51.3 Å². The number of hydrogen-bond acceptors (Lipinski definition) is 8. The van der Waals surface area contributed by atoms with Crippen LogP contribution in [0.4, 0.5) is 0 Å². The topological polar surface area (TPSA) is 108 Å². The summed E-state index contributed by atoms with van der Waals surface area (Å²) in [6.07, 6.45) is 1.23. The first-order valence-electron chi connectivity index (χ1n) is 11.6. The minimum Gasteiger partial charge on any atom is -0.493 e. The second-order valence-corrected chi connectivity index (χ2v) is 7.91. The predicted octanol–water partition coefficient (Wildman–Crippen LogP) is 4.89. The second-order valence-electron chi connectivity index (χ2n) is 7.91. The van der Waals surface area contributed by atoms with Gasteiger partial charge in [-0.05, 0) is 55.3 Å². The van der Waals surface area contributed by atoms with Gasteiger partial charge in [0.05, 0.1) is 39.8 Å². The molecule has 1 aromatic heterocycles. The Balaban J connectivity index is 2.00. The van der Waals surface area contributed by atoms with E-state index in [0.717, 1.165) is 24.0 Å². The van der Waals surface area contributed by atoms with E-state index in [9.17, 15) is 4.79 Å². The zero-order valence-corrected chi connectivity index (χ0v) is 21.2. The van der Waals surface area contributed by atoms with Crippen LogP contribution in [0.1, 0.15) is 26.2 Å². The summed E-state index contributed by atoms with van der Waals surface area (Å²) in [5.41, 5.74) is 4.62. The van der Waals surface area contributed by atoms with Gasteiger partial charge < -0.3 is 23.7 Å². The number of benzene rings is 2. The van der Waals surface area contributed by atoms with E-state index < -0.39 is 12.0 Å². The van der Waals surface area contributed by atoms with E-state index in [4.69, 9.17) is 33.9 Å². The number of carbonyl (C=O) groups excluding carboxylic acids is 1. The summed E-state index contributed by atoms with van der Waals surface area (Å²) in [6.45, 7) is 2.02. The van der Waals surface area contributed by atoms with Crippen molar-refractivity contribution in [2.45, 2.75) is 32.3 Å². The number of nitrogens with zero attached hydrogens (tertiary/aromatic N) is 1. The fraction of sp³-hybridized carbons (Fsp3) is 0.333. The first-order valence-corrected chi connectivity index (χ1v) is 11.6. The van der Waals surface area contributed by atoms with Crippen LogP contribution in [0.5, 0.6) is 28.7 Å². The van der Waals surface area contributed by atoms with Crippen LogP contribution in [0.3, 0.4) is 0 Å². The molecule has 2 N–H and O–H groups in total. The molecule has 9 heteroatoms. The zero-order valence-electron chi connectivity index (χ0n) is 21.2. The summed E-state index contributed by atoms with van der Waals surface area (Å²) < 4.78 is 27.8. The summed E-state index contributed by atoms with van der Waals surface area (Å²) >= 11 is 0. The van der Waals surface area contributed by atoms with Gasteiger partial charge in [-0.2, -0.15) is 0 Å². The van der Waals surface area contributed by atoms with E-state index >= 15 is 0 Å². The number of amides is 1. The highest BCUT2D eigenvalue weighted by Gasteiger charge is 2.22. The fourth-order valence-electron chi connectivity index (χ4n) is 3.77. The molecule has 0 saturated heterocycles. The van der Waals surface area contributed by atoms with E-state index in [1.807, 2.05) is 43.3 Å². The van der Waals surface area contributed by atoms with E-state index in [1.54, 1.807) is 38.9 Å². The Bertz CT molecular complexity index is 1160. The van der Waals surface area contributed by atoms with Crippen LogP contribution >= 0.6 is 0 Å². The minimum absolute atomic E-state index is 0.375. The third kappa shape index (κ3) is 5.98. The van der Waals surface area contributed by atoms with Crippen molar-refractivity contribution in [3.63, 3.8) is 0 Å². The number of pyridine rings is 1. The Morgan fingerprint density at radius 1 is 0.861 bits per heavy atom. The monoisotopic (exact) mass is 496 g/mol. The molecule has 0 bridgehead atoms. The van der Waals surface area contributed by atoms with E-state index in [0.29, 0.717) is 46.6 Å². The average molecular weight is 497 g/mol. The maximum atomic E-state index is 12.2. The predicted molar refractivity (Wildman–Crippen MR) is 135 cm³/mol. The first kappa shape index (κ1) is 26.6. The average Bonchev–Trinajstić information content (AvgIpc) is 2.93. The van der Waals surface area contributed by atoms with Gasteiger partial charge in [0.15, 0.2) is 29.1 Å². The van der Waals surface area contributed by atoms with Crippen molar-refractivity contribution < 1.29 is 33.7 Å². The van der Waals surface area contributed by atoms with Gasteiger partial charge in [-0.15, -0.1) is 0 Å². The summed E-state index contributed by atoms with van der Waals surface area (Å²) in [5.74, 6) is 1.78. The molecular formula is C27H32N2O7. The Hall–Kier alpha value is -3.98. The van der Waals surface area contributed by atoms with Crippen molar-refractivity contribution in [3.05, 3.63) is 48.5 Å². The molecule has 0 fully saturated rings. The third-order valence-corrected chi connectivity index (χ3v) is 5.66. The zero-order chi connectivity index (χ0) is 26.1. The lowest BCUT2D eigenvalue weighted by atomic mass is 10.1. The quantitative estimate of drug-likeness (QED) is 0.269. The highest BCUT2D eigenvalue weighted by molar-refractivity contribution is 5.80. The normalized spacial score (nSPS) is 11.4. The third-order valence-electron chi connectivity index (χ3n) is 5.66. The van der Waals surface area contributed by atoms with Crippen LogP contribution < -0.4 is 29.2 Å². The number of hydroxylamine groups is 1. The van der Waals surface area contributed by atoms with Crippen LogP contribution in [0, 0.1) is 0 Å². The fourth-order valence-corrected chi connectivity index (χ4v) is 3.77. The highest BCUT2D eigenvalue weighted by atomic mass is 16.5. The molecular weight excluding hydrogens is 464 g/mol. The molecule has 36 heavy (non-hydrogen) atoms. The number of rotatable bonds is 12. The van der Waals surface area contributed by atoms with Gasteiger partial charge in [-0.25, -0.2) is 10.5 Å². The number of nitrogens with one attached hydrogen (secondary N) is 1. The lowest BCUT2D eigenvalue weighted by Crippen LogP contribution is -2.36. The van der Waals surface area contributed by atoms with Gasteiger partial charge >= 0.3 is 0 Å². The number of hydrogen-bond donors (Lipinski definition) is 2. The molecule has 0 aliphatic heterocycles. The first-order chi connectivity index (χ1) is 17.5. The molecule has 1 unspecified atom stereocenters. The Morgan fingerprint density at radius 3 is 2.03 bits per heavy atom. The van der Waals surface area contributed by atoms with Crippen LogP contribution in [-0.4, -0.2) is 50.6 Å². The molecule has 1 heterocycles. The molecule has 3 rings (SSSR count). The maximum Gasteiger partial charge on any atom is 0.284 e. The number of methoxy groups -OCH3 is 4. The van der Waals surface area contributed by atoms with E-state index in [2.05, 4.69) is 0 Å². The number of unbranched alkanes of at least 4 members (excludes halogenated alkanes) is 1. The minimum atomic E-state index is -0.863. The highest BCUT2D eigenvalue weighted by Crippen LogP contribution is 2.41. The van der Waals surface area contributed by atoms with Crippen molar-refractivity contribution in [1.82, 2.24) is 10.5 Å². The van der Waals surface area contributed by atoms with Crippen molar-refractivity contribution in [1.29, 1.82) is 0 Å². The molecule has 0 aliphatic rings. The molecule has 0 radical (unpaired) electrons. The summed E-state index contributed by atoms with van der Waals surface area (Å²) in [7, 11) is 6.21. The van der Waals surface area contributed by atoms with Gasteiger partial charge in [-0.3, -0.25) is 10.0 Å². The van der Waals surface area contributed by atoms with Crippen LogP contribution in [0.2, 0.25) is 0 Å². The summed E-state index contributed by atoms with van der Waals surface area (Å²) in [5, 5.41) is 9.14. The van der Waals surface area contributed by atoms with Gasteiger partial charge in [0.2, 0.25) is 5.75 Å². The van der Waals surface area contributed by atoms with E-state index in [-0.39, 0.29) is 0 Å². The smallest absolute Gasteiger partial charge is 0.284 e. The molecule has 0 aliphatic carbocycles. The largest absolute Gasteiger partial charge is 0.493 e. The second kappa shape index (κ2) is 12.6. The molecule has 0 spiro atoms. The molecule has 1 atom stereocenters. The van der Waals surface area contributed by atoms with Crippen molar-refractivity contribution in [2.24, 2.45) is 0 Å². The summed E-state index contributed by atoms with van der Waals surface area (Å²) in [6, 6.07) is 14.7. The van der Waals surface area contributed by atoms with Crippen molar-refractivity contribution >= 4 is 5.91 Å². The molecule has 0 saturated carbocycles. The standard InChI is InChI=1S/C27H32N2O7/c1-6-7-11-22(27(30)29-31)36-23-14-17(12-13-21(23)32-2)19-9-8-10-20(28-19)18-15-24(33-3)26(35-5)25(16-18)34-4/h8-10,12-16,22,31H,6-7,11H2,1-5H3,(H,29,30). The lowest BCUT2D eigenvalue weighted by Gasteiger charge is -2.19. The Labute approximate surface area is 210 Å². The van der Waals surface area contributed by atoms with Gasteiger partial charge in [0.1, 0.15) is 0 Å². The molecule has 192 valence electrons. The Kier molecular flexibility index (Phi) is 9.35. The number of ether oxygens (including phenoxy) is 5. The van der Waals surface area contributed by atoms with Gasteiger partial charge in [0.25, 0.3) is 5.91 Å². The molecule has 1 amide bonds. The summed E-state index contributed by atoms with van der Waals surface area (Å²) in [4.78, 5) is 17.0. The number of aromatic nitrogens is 1.